The minimum atomic E-state index is 0.407. The Bertz CT molecular complexity index is 1060. The fourth-order valence-corrected chi connectivity index (χ4v) is 3.03. The van der Waals surface area contributed by atoms with Crippen molar-refractivity contribution in [1.82, 2.24) is 19.7 Å². The van der Waals surface area contributed by atoms with Gasteiger partial charge in [0.2, 0.25) is 0 Å². The highest BCUT2D eigenvalue weighted by atomic mass is 15.2. The summed E-state index contributed by atoms with van der Waals surface area (Å²) in [5.41, 5.74) is 6.16. The minimum Gasteiger partial charge on any atom is -0.345 e. The first-order valence-corrected chi connectivity index (χ1v) is 7.67. The molecule has 0 spiro atoms. The predicted molar refractivity (Wildman–Crippen MR) is 93.0 cm³/mol. The third-order valence-electron chi connectivity index (χ3n) is 4.11. The van der Waals surface area contributed by atoms with Gasteiger partial charge in [-0.2, -0.15) is 10.4 Å². The number of hydrogen-bond donors (Lipinski definition) is 1. The lowest BCUT2D eigenvalue weighted by atomic mass is 9.97. The second-order valence-corrected chi connectivity index (χ2v) is 5.72. The number of hydrogen-bond acceptors (Lipinski definition) is 3. The highest BCUT2D eigenvalue weighted by Gasteiger charge is 2.14. The van der Waals surface area contributed by atoms with Crippen molar-refractivity contribution in [3.63, 3.8) is 0 Å². The van der Waals surface area contributed by atoms with Crippen LogP contribution in [0.3, 0.4) is 0 Å². The number of nitrogens with zero attached hydrogens (tertiary/aromatic N) is 4. The second-order valence-electron chi connectivity index (χ2n) is 5.72. The van der Waals surface area contributed by atoms with Gasteiger partial charge in [0.25, 0.3) is 0 Å². The molecule has 0 aliphatic heterocycles. The molecule has 24 heavy (non-hydrogen) atoms. The molecule has 1 aromatic carbocycles. The van der Waals surface area contributed by atoms with Crippen molar-refractivity contribution in [3.8, 4) is 28.3 Å². The molecular weight excluding hydrogens is 298 g/mol. The number of aromatic amines is 1. The summed E-state index contributed by atoms with van der Waals surface area (Å²) in [6.45, 7) is 0. The zero-order chi connectivity index (χ0) is 16.5. The van der Waals surface area contributed by atoms with E-state index in [-0.39, 0.29) is 0 Å². The number of pyridine rings is 1. The molecule has 0 aliphatic rings. The molecule has 3 heterocycles. The Morgan fingerprint density at radius 1 is 1.21 bits per heavy atom. The van der Waals surface area contributed by atoms with E-state index in [1.807, 2.05) is 43.8 Å². The van der Waals surface area contributed by atoms with Crippen LogP contribution in [0.5, 0.6) is 0 Å². The van der Waals surface area contributed by atoms with Gasteiger partial charge in [0.05, 0.1) is 18.7 Å². The topological polar surface area (TPSA) is 70.3 Å². The molecule has 0 radical (unpaired) electrons. The van der Waals surface area contributed by atoms with Crippen molar-refractivity contribution >= 4 is 11.0 Å². The molecule has 4 aromatic rings. The molecule has 0 bridgehead atoms. The van der Waals surface area contributed by atoms with Crippen molar-refractivity contribution < 1.29 is 0 Å². The van der Waals surface area contributed by atoms with Crippen molar-refractivity contribution in [3.05, 3.63) is 60.7 Å². The molecule has 0 amide bonds. The molecule has 116 valence electrons. The van der Waals surface area contributed by atoms with Gasteiger partial charge < -0.3 is 4.98 Å². The largest absolute Gasteiger partial charge is 0.345 e. The molecule has 5 nitrogen and oxygen atoms in total. The number of nitrogens with one attached hydrogen (secondary N) is 1. The summed E-state index contributed by atoms with van der Waals surface area (Å²) in [5, 5.41) is 14.3. The number of aromatic nitrogens is 4. The zero-order valence-corrected chi connectivity index (χ0v) is 13.2. The first kappa shape index (κ1) is 14.2. The van der Waals surface area contributed by atoms with E-state index in [9.17, 15) is 0 Å². The van der Waals surface area contributed by atoms with Gasteiger partial charge in [0, 0.05) is 42.2 Å². The van der Waals surface area contributed by atoms with Gasteiger partial charge in [-0.3, -0.25) is 4.68 Å². The zero-order valence-electron chi connectivity index (χ0n) is 13.2. The Balaban J connectivity index is 1.95. The van der Waals surface area contributed by atoms with E-state index >= 15 is 0 Å². The highest BCUT2D eigenvalue weighted by Crippen LogP contribution is 2.35. The fraction of sp³-hybridized carbons (Fsp3) is 0.105. The van der Waals surface area contributed by atoms with Crippen LogP contribution in [0, 0.1) is 11.3 Å². The number of fused-ring (bicyclic) bond motifs is 1. The standard InChI is InChI=1S/C19H15N5/c1-24-12-15(10-23-24)17-11-22-19-18(17)16(6-8-21-19)14-4-2-3-13(9-14)5-7-20/h2-4,6,8-12H,5H2,1H3,(H,21,22). The summed E-state index contributed by atoms with van der Waals surface area (Å²) in [5.74, 6) is 0. The first-order chi connectivity index (χ1) is 11.8. The van der Waals surface area contributed by atoms with Gasteiger partial charge in [-0.25, -0.2) is 4.98 Å². The van der Waals surface area contributed by atoms with E-state index in [0.29, 0.717) is 6.42 Å². The molecule has 0 fully saturated rings. The van der Waals surface area contributed by atoms with Crippen LogP contribution in [0.15, 0.2) is 55.1 Å². The number of aryl methyl sites for hydroxylation is 1. The molecule has 0 saturated heterocycles. The molecule has 5 heteroatoms. The van der Waals surface area contributed by atoms with Crippen LogP contribution in [-0.4, -0.2) is 19.7 Å². The Labute approximate surface area is 139 Å². The van der Waals surface area contributed by atoms with Gasteiger partial charge in [-0.15, -0.1) is 0 Å². The monoisotopic (exact) mass is 313 g/mol. The predicted octanol–water partition coefficient (Wildman–Crippen LogP) is 3.70. The van der Waals surface area contributed by atoms with Gasteiger partial charge in [-0.05, 0) is 22.8 Å². The molecule has 0 atom stereocenters. The SMILES string of the molecule is Cn1cc(-c2c[nH]c3nccc(-c4cccc(CC#N)c4)c23)cn1. The summed E-state index contributed by atoms with van der Waals surface area (Å²) < 4.78 is 1.79. The van der Waals surface area contributed by atoms with Crippen molar-refractivity contribution in [1.29, 1.82) is 5.26 Å². The average Bonchev–Trinajstić information content (AvgIpc) is 3.21. The summed E-state index contributed by atoms with van der Waals surface area (Å²) in [4.78, 5) is 7.69. The lowest BCUT2D eigenvalue weighted by molar-refractivity contribution is 0.768. The second kappa shape index (κ2) is 5.67. The lowest BCUT2D eigenvalue weighted by Crippen LogP contribution is -1.87. The average molecular weight is 313 g/mol. The molecule has 0 saturated carbocycles. The van der Waals surface area contributed by atoms with Crippen LogP contribution in [0.25, 0.3) is 33.3 Å². The third kappa shape index (κ3) is 2.34. The number of H-pyrrole nitrogens is 1. The maximum absolute atomic E-state index is 8.94. The first-order valence-electron chi connectivity index (χ1n) is 7.67. The maximum Gasteiger partial charge on any atom is 0.138 e. The smallest absolute Gasteiger partial charge is 0.138 e. The van der Waals surface area contributed by atoms with E-state index in [4.69, 9.17) is 5.26 Å². The van der Waals surface area contributed by atoms with Gasteiger partial charge in [0.1, 0.15) is 5.65 Å². The van der Waals surface area contributed by atoms with E-state index < -0.39 is 0 Å². The fourth-order valence-electron chi connectivity index (χ4n) is 3.03. The van der Waals surface area contributed by atoms with Gasteiger partial charge in [0.15, 0.2) is 0 Å². The van der Waals surface area contributed by atoms with Crippen LogP contribution < -0.4 is 0 Å². The van der Waals surface area contributed by atoms with Gasteiger partial charge >= 0.3 is 0 Å². The Morgan fingerprint density at radius 3 is 2.92 bits per heavy atom. The van der Waals surface area contributed by atoms with Crippen LogP contribution in [0.2, 0.25) is 0 Å². The Kier molecular flexibility index (Phi) is 3.36. The lowest BCUT2D eigenvalue weighted by Gasteiger charge is -2.07. The third-order valence-corrected chi connectivity index (χ3v) is 4.11. The Morgan fingerprint density at radius 2 is 2.12 bits per heavy atom. The molecule has 0 unspecified atom stereocenters. The van der Waals surface area contributed by atoms with Gasteiger partial charge in [-0.1, -0.05) is 24.3 Å². The quantitative estimate of drug-likeness (QED) is 0.627. The Hall–Kier alpha value is -3.39. The van der Waals surface area contributed by atoms with Crippen LogP contribution >= 0.6 is 0 Å². The number of benzene rings is 1. The summed E-state index contributed by atoms with van der Waals surface area (Å²) >= 11 is 0. The van der Waals surface area contributed by atoms with E-state index in [1.54, 1.807) is 10.9 Å². The number of nitriles is 1. The number of rotatable bonds is 3. The van der Waals surface area contributed by atoms with Crippen LogP contribution in [-0.2, 0) is 13.5 Å². The minimum absolute atomic E-state index is 0.407. The van der Waals surface area contributed by atoms with Crippen molar-refractivity contribution in [2.24, 2.45) is 7.05 Å². The summed E-state index contributed by atoms with van der Waals surface area (Å²) in [6.07, 6.45) is 8.02. The van der Waals surface area contributed by atoms with E-state index in [1.165, 1.54) is 0 Å². The maximum atomic E-state index is 8.94. The summed E-state index contributed by atoms with van der Waals surface area (Å²) in [6, 6.07) is 12.3. The van der Waals surface area contributed by atoms with E-state index in [0.717, 1.165) is 38.9 Å². The molecule has 4 rings (SSSR count). The van der Waals surface area contributed by atoms with E-state index in [2.05, 4.69) is 33.3 Å². The molecular formula is C19H15N5. The molecule has 0 aliphatic carbocycles. The highest BCUT2D eigenvalue weighted by molar-refractivity contribution is 6.03. The van der Waals surface area contributed by atoms with Crippen molar-refractivity contribution in [2.75, 3.05) is 0 Å². The normalized spacial score (nSPS) is 10.8. The van der Waals surface area contributed by atoms with Crippen molar-refractivity contribution in [2.45, 2.75) is 6.42 Å². The van der Waals surface area contributed by atoms with Crippen LogP contribution in [0.4, 0.5) is 0 Å². The molecule has 3 aromatic heterocycles. The van der Waals surface area contributed by atoms with Crippen LogP contribution in [0.1, 0.15) is 5.56 Å². The molecule has 1 N–H and O–H groups in total. The summed E-state index contributed by atoms with van der Waals surface area (Å²) in [7, 11) is 1.91.